The zero-order chi connectivity index (χ0) is 21.5. The molecule has 1 aliphatic heterocycles. The van der Waals surface area contributed by atoms with Gasteiger partial charge in [0.25, 0.3) is 0 Å². The van der Waals surface area contributed by atoms with Crippen molar-refractivity contribution in [1.29, 1.82) is 0 Å². The predicted octanol–water partition coefficient (Wildman–Crippen LogP) is 3.73. The minimum absolute atomic E-state index is 0.278. The average Bonchev–Trinajstić information content (AvgIpc) is 3.14. The van der Waals surface area contributed by atoms with Crippen LogP contribution in [0.15, 0.2) is 36.8 Å². The molecule has 3 heterocycles. The Balaban J connectivity index is 1.51. The van der Waals surface area contributed by atoms with E-state index in [0.717, 1.165) is 31.6 Å². The molecule has 160 valence electrons. The van der Waals surface area contributed by atoms with Crippen LogP contribution in [0.4, 0.5) is 26.0 Å². The second-order valence-corrected chi connectivity index (χ2v) is 7.94. The molecule has 2 N–H and O–H groups in total. The molecule has 0 aliphatic carbocycles. The van der Waals surface area contributed by atoms with Crippen molar-refractivity contribution < 1.29 is 8.78 Å². The van der Waals surface area contributed by atoms with E-state index in [1.807, 2.05) is 13.1 Å². The third-order valence-electron chi connectivity index (χ3n) is 5.81. The lowest BCUT2D eigenvalue weighted by atomic mass is 10.0. The lowest BCUT2D eigenvalue weighted by molar-refractivity contribution is 0.449. The summed E-state index contributed by atoms with van der Waals surface area (Å²) in [6.07, 6.45) is 5.27. The Kier molecular flexibility index (Phi) is 4.90. The van der Waals surface area contributed by atoms with Crippen LogP contribution in [-0.4, -0.2) is 45.9 Å². The van der Waals surface area contributed by atoms with Gasteiger partial charge >= 0.3 is 0 Å². The van der Waals surface area contributed by atoms with Crippen molar-refractivity contribution in [1.82, 2.24) is 25.1 Å². The fraction of sp³-hybridized carbons (Fsp3) is 0.318. The second kappa shape index (κ2) is 7.73. The van der Waals surface area contributed by atoms with Crippen LogP contribution in [0.2, 0.25) is 0 Å². The van der Waals surface area contributed by atoms with Crippen LogP contribution in [0, 0.1) is 11.6 Å². The van der Waals surface area contributed by atoms with Gasteiger partial charge in [0.2, 0.25) is 0 Å². The van der Waals surface area contributed by atoms with E-state index in [1.165, 1.54) is 18.5 Å². The highest BCUT2D eigenvalue weighted by Crippen LogP contribution is 2.32. The van der Waals surface area contributed by atoms with Gasteiger partial charge in [-0.05, 0) is 44.2 Å². The summed E-state index contributed by atoms with van der Waals surface area (Å²) in [4.78, 5) is 10.7. The van der Waals surface area contributed by atoms with Gasteiger partial charge in [0.15, 0.2) is 5.82 Å². The molecule has 0 unspecified atom stereocenters. The van der Waals surface area contributed by atoms with E-state index in [1.54, 1.807) is 24.0 Å². The van der Waals surface area contributed by atoms with Crippen molar-refractivity contribution in [2.75, 3.05) is 30.4 Å². The molecule has 31 heavy (non-hydrogen) atoms. The van der Waals surface area contributed by atoms with Gasteiger partial charge in [-0.15, -0.1) is 0 Å². The molecule has 0 radical (unpaired) electrons. The Labute approximate surface area is 178 Å². The topological polar surface area (TPSA) is 70.9 Å². The molecule has 1 saturated heterocycles. The lowest BCUT2D eigenvalue weighted by Gasteiger charge is -2.34. The number of likely N-dealkylation sites (N-methyl/N-ethyl adjacent to an activating group) is 1. The number of piperidine rings is 1. The van der Waals surface area contributed by atoms with Gasteiger partial charge in [-0.25, -0.2) is 18.7 Å². The number of anilines is 3. The quantitative estimate of drug-likeness (QED) is 0.521. The van der Waals surface area contributed by atoms with Crippen molar-refractivity contribution in [3.05, 3.63) is 48.4 Å². The van der Waals surface area contributed by atoms with Crippen LogP contribution in [0.1, 0.15) is 12.8 Å². The molecule has 2 aromatic heterocycles. The molecule has 0 amide bonds. The molecule has 1 fully saturated rings. The third kappa shape index (κ3) is 3.65. The largest absolute Gasteiger partial charge is 0.370 e. The van der Waals surface area contributed by atoms with Gasteiger partial charge in [0, 0.05) is 49.1 Å². The highest BCUT2D eigenvalue weighted by molar-refractivity contribution is 5.94. The first kappa shape index (κ1) is 19.6. The zero-order valence-electron chi connectivity index (χ0n) is 17.4. The van der Waals surface area contributed by atoms with E-state index in [9.17, 15) is 4.39 Å². The first-order valence-electron chi connectivity index (χ1n) is 10.3. The molecule has 0 spiro atoms. The standard InChI is InChI=1S/C22H23F2N7/c1-25-14-4-3-5-31(11-14)16-8-17(23)20-19(9-16)26-12-27-22(20)28-15-6-13-10-30(2)29-21(13)18(24)7-15/h6-10,12,14,25H,3-5,11H2,1-2H3,(H,26,27,28)/t14-/m0/s1. The maximum Gasteiger partial charge on any atom is 0.153 e. The van der Waals surface area contributed by atoms with Crippen LogP contribution < -0.4 is 15.5 Å². The molecule has 7 nitrogen and oxygen atoms in total. The highest BCUT2D eigenvalue weighted by Gasteiger charge is 2.21. The van der Waals surface area contributed by atoms with Crippen LogP contribution in [0.3, 0.4) is 0 Å². The molecule has 0 bridgehead atoms. The number of benzene rings is 2. The third-order valence-corrected chi connectivity index (χ3v) is 5.81. The van der Waals surface area contributed by atoms with Gasteiger partial charge in [0.1, 0.15) is 23.5 Å². The van der Waals surface area contributed by atoms with Gasteiger partial charge in [-0.1, -0.05) is 0 Å². The maximum absolute atomic E-state index is 15.2. The van der Waals surface area contributed by atoms with Crippen molar-refractivity contribution in [2.24, 2.45) is 7.05 Å². The second-order valence-electron chi connectivity index (χ2n) is 7.94. The summed E-state index contributed by atoms with van der Waals surface area (Å²) in [6, 6.07) is 6.89. The van der Waals surface area contributed by atoms with Crippen molar-refractivity contribution in [3.63, 3.8) is 0 Å². The summed E-state index contributed by atoms with van der Waals surface area (Å²) in [5.41, 5.74) is 2.06. The van der Waals surface area contributed by atoms with Gasteiger partial charge in [-0.3, -0.25) is 4.68 Å². The monoisotopic (exact) mass is 423 g/mol. The number of nitrogens with zero attached hydrogens (tertiary/aromatic N) is 5. The molecule has 1 aliphatic rings. The molecule has 9 heteroatoms. The van der Waals surface area contributed by atoms with E-state index in [-0.39, 0.29) is 10.9 Å². The number of fused-ring (bicyclic) bond motifs is 2. The fourth-order valence-electron chi connectivity index (χ4n) is 4.27. The Morgan fingerprint density at radius 2 is 1.97 bits per heavy atom. The molecule has 0 saturated carbocycles. The van der Waals surface area contributed by atoms with Crippen molar-refractivity contribution in [2.45, 2.75) is 18.9 Å². The highest BCUT2D eigenvalue weighted by atomic mass is 19.1. The smallest absolute Gasteiger partial charge is 0.153 e. The number of aromatic nitrogens is 4. The summed E-state index contributed by atoms with van der Waals surface area (Å²) in [5.74, 6) is -0.570. The SMILES string of the molecule is CN[C@H]1CCCN(c2cc(F)c3c(Nc4cc(F)c5nn(C)cc5c4)ncnc3c2)C1. The van der Waals surface area contributed by atoms with Crippen LogP contribution in [0.25, 0.3) is 21.8 Å². The summed E-state index contributed by atoms with van der Waals surface area (Å²) >= 11 is 0. The number of aryl methyl sites for hydroxylation is 1. The molecule has 4 aromatic rings. The molecular weight excluding hydrogens is 400 g/mol. The van der Waals surface area contributed by atoms with Crippen LogP contribution >= 0.6 is 0 Å². The minimum Gasteiger partial charge on any atom is -0.370 e. The first-order valence-corrected chi connectivity index (χ1v) is 10.3. The first-order chi connectivity index (χ1) is 15.0. The number of nitrogens with one attached hydrogen (secondary N) is 2. The summed E-state index contributed by atoms with van der Waals surface area (Å²) in [5, 5.41) is 11.4. The van der Waals surface area contributed by atoms with E-state index in [0.29, 0.717) is 28.5 Å². The Morgan fingerprint density at radius 1 is 1.10 bits per heavy atom. The summed E-state index contributed by atoms with van der Waals surface area (Å²) in [6.45, 7) is 1.70. The Morgan fingerprint density at radius 3 is 2.81 bits per heavy atom. The number of rotatable bonds is 4. The van der Waals surface area contributed by atoms with Crippen LogP contribution in [-0.2, 0) is 7.05 Å². The lowest BCUT2D eigenvalue weighted by Crippen LogP contribution is -2.44. The van der Waals surface area contributed by atoms with Gasteiger partial charge in [0.05, 0.1) is 10.9 Å². The molecule has 5 rings (SSSR count). The molecular formula is C22H23F2N7. The normalized spacial score (nSPS) is 16.9. The molecule has 2 aromatic carbocycles. The minimum atomic E-state index is -0.453. The van der Waals surface area contributed by atoms with Crippen molar-refractivity contribution >= 4 is 39.0 Å². The van der Waals surface area contributed by atoms with Gasteiger partial charge in [-0.2, -0.15) is 5.10 Å². The average molecular weight is 423 g/mol. The number of hydrogen-bond donors (Lipinski definition) is 2. The Hall–Kier alpha value is -3.33. The summed E-state index contributed by atoms with van der Waals surface area (Å²) < 4.78 is 31.2. The predicted molar refractivity (Wildman–Crippen MR) is 118 cm³/mol. The zero-order valence-corrected chi connectivity index (χ0v) is 17.4. The maximum atomic E-state index is 15.2. The fourth-order valence-corrected chi connectivity index (χ4v) is 4.27. The van der Waals surface area contributed by atoms with E-state index in [4.69, 9.17) is 0 Å². The van der Waals surface area contributed by atoms with Crippen LogP contribution in [0.5, 0.6) is 0 Å². The van der Waals surface area contributed by atoms with E-state index >= 15 is 4.39 Å². The van der Waals surface area contributed by atoms with Crippen molar-refractivity contribution in [3.8, 4) is 0 Å². The van der Waals surface area contributed by atoms with E-state index in [2.05, 4.69) is 30.6 Å². The molecule has 1 atom stereocenters. The number of halogens is 2. The number of hydrogen-bond acceptors (Lipinski definition) is 6. The van der Waals surface area contributed by atoms with E-state index < -0.39 is 11.6 Å². The summed E-state index contributed by atoms with van der Waals surface area (Å²) in [7, 11) is 3.69. The van der Waals surface area contributed by atoms with Gasteiger partial charge < -0.3 is 15.5 Å². The Bertz CT molecular complexity index is 1270.